The Labute approximate surface area is 120 Å². The molecule has 1 aromatic heterocycles. The molecular formula is C12H22N4O3S. The zero-order chi connectivity index (χ0) is 14.9. The molecule has 0 spiro atoms. The van der Waals surface area contributed by atoms with Crippen molar-refractivity contribution in [3.05, 3.63) is 18.0 Å². The van der Waals surface area contributed by atoms with Crippen molar-refractivity contribution >= 4 is 10.2 Å². The van der Waals surface area contributed by atoms with Crippen LogP contribution < -0.4 is 0 Å². The molecule has 1 fully saturated rings. The van der Waals surface area contributed by atoms with Gasteiger partial charge in [-0.25, -0.2) is 0 Å². The van der Waals surface area contributed by atoms with E-state index in [9.17, 15) is 8.42 Å². The Balaban J connectivity index is 2.08. The lowest BCUT2D eigenvalue weighted by Crippen LogP contribution is -2.52. The van der Waals surface area contributed by atoms with Gasteiger partial charge in [0, 0.05) is 45.5 Å². The highest BCUT2D eigenvalue weighted by atomic mass is 32.2. The first-order valence-corrected chi connectivity index (χ1v) is 8.03. The molecule has 1 aliphatic rings. The summed E-state index contributed by atoms with van der Waals surface area (Å²) in [6, 6.07) is 0. The minimum absolute atomic E-state index is 0.0830. The molecule has 7 nitrogen and oxygen atoms in total. The number of morpholine rings is 1. The van der Waals surface area contributed by atoms with Crippen LogP contribution in [0.1, 0.15) is 19.4 Å². The number of nitrogens with zero attached hydrogens (tertiary/aromatic N) is 4. The lowest BCUT2D eigenvalue weighted by Gasteiger charge is -2.36. The van der Waals surface area contributed by atoms with E-state index in [1.165, 1.54) is 8.61 Å². The highest BCUT2D eigenvalue weighted by molar-refractivity contribution is 7.86. The predicted molar refractivity (Wildman–Crippen MR) is 75.2 cm³/mol. The van der Waals surface area contributed by atoms with Crippen LogP contribution in [0, 0.1) is 0 Å². The van der Waals surface area contributed by atoms with Crippen LogP contribution in [0.2, 0.25) is 0 Å². The number of hydrogen-bond donors (Lipinski definition) is 0. The van der Waals surface area contributed by atoms with Gasteiger partial charge in [-0.05, 0) is 13.8 Å². The van der Waals surface area contributed by atoms with Crippen molar-refractivity contribution in [3.63, 3.8) is 0 Å². The lowest BCUT2D eigenvalue weighted by molar-refractivity contribution is -0.0453. The van der Waals surface area contributed by atoms with Crippen LogP contribution >= 0.6 is 0 Å². The van der Waals surface area contributed by atoms with Crippen LogP contribution in [-0.4, -0.2) is 59.2 Å². The van der Waals surface area contributed by atoms with Gasteiger partial charge in [-0.15, -0.1) is 0 Å². The zero-order valence-corrected chi connectivity index (χ0v) is 13.2. The molecule has 0 aliphatic carbocycles. The SMILES string of the molecule is CC1CN(S(=O)(=O)N(C)Cc2cnn(C)c2)CC(C)O1. The van der Waals surface area contributed by atoms with E-state index in [0.717, 1.165) is 5.56 Å². The first-order chi connectivity index (χ1) is 9.29. The molecule has 2 unspecified atom stereocenters. The van der Waals surface area contributed by atoms with E-state index in [2.05, 4.69) is 5.10 Å². The van der Waals surface area contributed by atoms with Gasteiger partial charge in [-0.3, -0.25) is 4.68 Å². The maximum absolute atomic E-state index is 12.6. The second kappa shape index (κ2) is 5.80. The molecule has 2 rings (SSSR count). The molecular weight excluding hydrogens is 280 g/mol. The Kier molecular flexibility index (Phi) is 4.48. The fraction of sp³-hybridized carbons (Fsp3) is 0.750. The molecule has 1 aromatic rings. The van der Waals surface area contributed by atoms with Gasteiger partial charge in [0.1, 0.15) is 0 Å². The van der Waals surface area contributed by atoms with E-state index in [1.807, 2.05) is 27.1 Å². The Morgan fingerprint density at radius 3 is 2.50 bits per heavy atom. The highest BCUT2D eigenvalue weighted by Crippen LogP contribution is 2.18. The molecule has 2 heterocycles. The lowest BCUT2D eigenvalue weighted by atomic mass is 10.3. The maximum Gasteiger partial charge on any atom is 0.282 e. The van der Waals surface area contributed by atoms with Crippen molar-refractivity contribution < 1.29 is 13.2 Å². The number of ether oxygens (including phenoxy) is 1. The fourth-order valence-electron chi connectivity index (χ4n) is 2.41. The van der Waals surface area contributed by atoms with E-state index in [1.54, 1.807) is 17.9 Å². The number of aromatic nitrogens is 2. The van der Waals surface area contributed by atoms with Gasteiger partial charge in [0.25, 0.3) is 10.2 Å². The van der Waals surface area contributed by atoms with E-state index >= 15 is 0 Å². The van der Waals surface area contributed by atoms with Crippen LogP contribution in [0.4, 0.5) is 0 Å². The summed E-state index contributed by atoms with van der Waals surface area (Å²) in [5, 5.41) is 4.05. The van der Waals surface area contributed by atoms with Gasteiger partial charge in [-0.2, -0.15) is 22.1 Å². The van der Waals surface area contributed by atoms with E-state index in [4.69, 9.17) is 4.74 Å². The molecule has 8 heteroatoms. The van der Waals surface area contributed by atoms with Crippen LogP contribution in [0.15, 0.2) is 12.4 Å². The zero-order valence-electron chi connectivity index (χ0n) is 12.4. The van der Waals surface area contributed by atoms with Gasteiger partial charge >= 0.3 is 0 Å². The first-order valence-electron chi connectivity index (χ1n) is 6.63. The van der Waals surface area contributed by atoms with Crippen molar-refractivity contribution in [1.82, 2.24) is 18.4 Å². The summed E-state index contributed by atoms with van der Waals surface area (Å²) in [6.45, 7) is 4.88. The summed E-state index contributed by atoms with van der Waals surface area (Å²) in [7, 11) is -0.0679. The number of hydrogen-bond acceptors (Lipinski definition) is 4. The van der Waals surface area contributed by atoms with Gasteiger partial charge in [0.05, 0.1) is 18.4 Å². The summed E-state index contributed by atoms with van der Waals surface area (Å²) in [4.78, 5) is 0. The van der Waals surface area contributed by atoms with Crippen LogP contribution in [0.25, 0.3) is 0 Å². The summed E-state index contributed by atoms with van der Waals surface area (Å²) in [6.07, 6.45) is 3.33. The topological polar surface area (TPSA) is 67.7 Å². The molecule has 1 aliphatic heterocycles. The number of rotatable bonds is 4. The van der Waals surface area contributed by atoms with Gasteiger partial charge < -0.3 is 4.74 Å². The van der Waals surface area contributed by atoms with Crippen molar-refractivity contribution in [1.29, 1.82) is 0 Å². The van der Waals surface area contributed by atoms with Crippen molar-refractivity contribution in [2.75, 3.05) is 20.1 Å². The number of aryl methyl sites for hydroxylation is 1. The molecule has 0 amide bonds. The third-order valence-electron chi connectivity index (χ3n) is 3.27. The van der Waals surface area contributed by atoms with Crippen molar-refractivity contribution in [2.45, 2.75) is 32.6 Å². The molecule has 0 aromatic carbocycles. The minimum Gasteiger partial charge on any atom is -0.373 e. The smallest absolute Gasteiger partial charge is 0.282 e. The van der Waals surface area contributed by atoms with E-state index < -0.39 is 10.2 Å². The Bertz CT molecular complexity index is 547. The molecule has 1 saturated heterocycles. The average Bonchev–Trinajstić information content (AvgIpc) is 2.73. The molecule has 0 radical (unpaired) electrons. The third-order valence-corrected chi connectivity index (χ3v) is 5.14. The first kappa shape index (κ1) is 15.4. The highest BCUT2D eigenvalue weighted by Gasteiger charge is 2.33. The summed E-state index contributed by atoms with van der Waals surface area (Å²) < 4.78 is 35.2. The second-order valence-corrected chi connectivity index (χ2v) is 7.40. The van der Waals surface area contributed by atoms with Gasteiger partial charge in [-0.1, -0.05) is 0 Å². The Hall–Kier alpha value is -0.960. The third kappa shape index (κ3) is 3.38. The van der Waals surface area contributed by atoms with Crippen LogP contribution in [-0.2, 0) is 28.5 Å². The normalized spacial score (nSPS) is 25.2. The van der Waals surface area contributed by atoms with Crippen molar-refractivity contribution in [3.8, 4) is 0 Å². The van der Waals surface area contributed by atoms with Crippen LogP contribution in [0.5, 0.6) is 0 Å². The van der Waals surface area contributed by atoms with E-state index in [-0.39, 0.29) is 12.2 Å². The monoisotopic (exact) mass is 302 g/mol. The van der Waals surface area contributed by atoms with E-state index in [0.29, 0.717) is 19.6 Å². The molecule has 2 atom stereocenters. The largest absolute Gasteiger partial charge is 0.373 e. The predicted octanol–water partition coefficient (Wildman–Crippen LogP) is 0.206. The van der Waals surface area contributed by atoms with Gasteiger partial charge in [0.2, 0.25) is 0 Å². The summed E-state index contributed by atoms with van der Waals surface area (Å²) >= 11 is 0. The summed E-state index contributed by atoms with van der Waals surface area (Å²) in [5.41, 5.74) is 0.868. The average molecular weight is 302 g/mol. The molecule has 0 bridgehead atoms. The quantitative estimate of drug-likeness (QED) is 0.797. The summed E-state index contributed by atoms with van der Waals surface area (Å²) in [5.74, 6) is 0. The van der Waals surface area contributed by atoms with Crippen molar-refractivity contribution in [2.24, 2.45) is 7.05 Å². The minimum atomic E-state index is -3.47. The second-order valence-electron chi connectivity index (χ2n) is 5.36. The standard InChI is InChI=1S/C12H22N4O3S/c1-10-6-16(7-11(2)19-10)20(17,18)15(4)9-12-5-13-14(3)8-12/h5,8,10-11H,6-7,9H2,1-4H3. The molecule has 114 valence electrons. The Morgan fingerprint density at radius 1 is 1.40 bits per heavy atom. The molecule has 20 heavy (non-hydrogen) atoms. The van der Waals surface area contributed by atoms with Gasteiger partial charge in [0.15, 0.2) is 0 Å². The Morgan fingerprint density at radius 2 is 2.00 bits per heavy atom. The molecule has 0 N–H and O–H groups in total. The molecule has 0 saturated carbocycles. The van der Waals surface area contributed by atoms with Crippen LogP contribution in [0.3, 0.4) is 0 Å². The fourth-order valence-corrected chi connectivity index (χ4v) is 3.91. The maximum atomic E-state index is 12.6.